The summed E-state index contributed by atoms with van der Waals surface area (Å²) >= 11 is 1.68. The summed E-state index contributed by atoms with van der Waals surface area (Å²) in [6.45, 7) is 2.53. The molecular formula is C41H51N5O7S2. The topological polar surface area (TPSA) is 157 Å². The molecule has 8 rings (SSSR count). The van der Waals surface area contributed by atoms with Crippen molar-refractivity contribution in [2.24, 2.45) is 17.8 Å². The van der Waals surface area contributed by atoms with Crippen LogP contribution in [-0.2, 0) is 24.4 Å². The van der Waals surface area contributed by atoms with Crippen LogP contribution in [0, 0.1) is 24.7 Å². The minimum atomic E-state index is -3.83. The first kappa shape index (κ1) is 37.9. The maximum absolute atomic E-state index is 14.4. The summed E-state index contributed by atoms with van der Waals surface area (Å²) < 4.78 is 40.4. The number of aromatic nitrogens is 2. The van der Waals surface area contributed by atoms with E-state index in [0.717, 1.165) is 59.3 Å². The number of nitrogens with one attached hydrogen (secondary N) is 2. The lowest BCUT2D eigenvalue weighted by Crippen LogP contribution is -2.54. The van der Waals surface area contributed by atoms with Crippen LogP contribution in [0.3, 0.4) is 0 Å². The van der Waals surface area contributed by atoms with Gasteiger partial charge in [0, 0.05) is 47.8 Å². The van der Waals surface area contributed by atoms with Crippen molar-refractivity contribution < 1.29 is 32.3 Å². The van der Waals surface area contributed by atoms with Gasteiger partial charge < -0.3 is 19.7 Å². The highest BCUT2D eigenvalue weighted by molar-refractivity contribution is 7.91. The third-order valence-electron chi connectivity index (χ3n) is 12.4. The Hall–Kier alpha value is -4.04. The fourth-order valence-corrected chi connectivity index (χ4v) is 11.2. The SMILES string of the molecule is COc1ccc2c(O[C@@H]3C[C@H]4C(=O)NC5(C(=O)NS(=O)(=O)C6CC6)C[C@@H]5/C=C\CCCCN(C)C(=O)[C@@H]4C3)cc(-c3csc(C4CCCCC4)n3)nc2c1C. The number of hydrogen-bond donors (Lipinski definition) is 2. The summed E-state index contributed by atoms with van der Waals surface area (Å²) in [6, 6.07) is 5.74. The van der Waals surface area contributed by atoms with Crippen molar-refractivity contribution in [2.75, 3.05) is 20.7 Å². The van der Waals surface area contributed by atoms with Crippen molar-refractivity contribution in [3.05, 3.63) is 46.3 Å². The molecule has 55 heavy (non-hydrogen) atoms. The average Bonchev–Trinajstić information content (AvgIpc) is 4.06. The summed E-state index contributed by atoms with van der Waals surface area (Å²) in [5.74, 6) is -1.36. The Morgan fingerprint density at radius 3 is 2.55 bits per heavy atom. The molecule has 3 amide bonds. The predicted octanol–water partition coefficient (Wildman–Crippen LogP) is 6.18. The molecule has 14 heteroatoms. The molecule has 2 N–H and O–H groups in total. The number of aryl methyl sites for hydroxylation is 1. The predicted molar refractivity (Wildman–Crippen MR) is 210 cm³/mol. The number of carbonyl (C=O) groups is 3. The zero-order valence-corrected chi connectivity index (χ0v) is 33.5. The largest absolute Gasteiger partial charge is 0.496 e. The lowest BCUT2D eigenvalue weighted by molar-refractivity contribution is -0.140. The van der Waals surface area contributed by atoms with E-state index < -0.39 is 50.6 Å². The molecule has 0 saturated heterocycles. The number of ether oxygens (including phenoxy) is 2. The molecule has 0 radical (unpaired) electrons. The van der Waals surface area contributed by atoms with E-state index in [0.29, 0.717) is 55.3 Å². The Morgan fingerprint density at radius 2 is 1.78 bits per heavy atom. The maximum atomic E-state index is 14.4. The Labute approximate surface area is 326 Å². The molecule has 2 aromatic heterocycles. The quantitative estimate of drug-likeness (QED) is 0.255. The van der Waals surface area contributed by atoms with Gasteiger partial charge in [0.25, 0.3) is 5.91 Å². The third kappa shape index (κ3) is 7.60. The number of amides is 3. The first-order valence-corrected chi connectivity index (χ1v) is 22.3. The third-order valence-corrected chi connectivity index (χ3v) is 15.2. The molecule has 5 atom stereocenters. The smallest absolute Gasteiger partial charge is 0.259 e. The van der Waals surface area contributed by atoms with E-state index in [1.165, 1.54) is 19.3 Å². The van der Waals surface area contributed by atoms with Gasteiger partial charge in [0.1, 0.15) is 23.1 Å². The molecule has 1 unspecified atom stereocenters. The Balaban J connectivity index is 1.10. The highest BCUT2D eigenvalue weighted by atomic mass is 32.2. The van der Waals surface area contributed by atoms with Gasteiger partial charge in [0.15, 0.2) is 0 Å². The van der Waals surface area contributed by atoms with Crippen LogP contribution in [0.1, 0.15) is 100.0 Å². The van der Waals surface area contributed by atoms with Crippen LogP contribution in [-0.4, -0.2) is 78.6 Å². The monoisotopic (exact) mass is 789 g/mol. The van der Waals surface area contributed by atoms with E-state index >= 15 is 0 Å². The van der Waals surface area contributed by atoms with Crippen LogP contribution in [0.25, 0.3) is 22.3 Å². The molecular weight excluding hydrogens is 739 g/mol. The zero-order chi connectivity index (χ0) is 38.5. The van der Waals surface area contributed by atoms with Crippen LogP contribution in [0.2, 0.25) is 0 Å². The molecule has 1 aromatic carbocycles. The lowest BCUT2D eigenvalue weighted by Gasteiger charge is -2.26. The first-order chi connectivity index (χ1) is 26.5. The number of methoxy groups -OCH3 is 1. The minimum absolute atomic E-state index is 0.139. The van der Waals surface area contributed by atoms with Gasteiger partial charge in [0.2, 0.25) is 21.8 Å². The molecule has 1 aliphatic heterocycles. The fourth-order valence-electron chi connectivity index (χ4n) is 8.84. The van der Waals surface area contributed by atoms with Crippen molar-refractivity contribution in [1.82, 2.24) is 24.9 Å². The van der Waals surface area contributed by atoms with E-state index in [1.807, 2.05) is 37.3 Å². The molecule has 3 heterocycles. The van der Waals surface area contributed by atoms with E-state index in [4.69, 9.17) is 19.4 Å². The molecule has 12 nitrogen and oxygen atoms in total. The number of hydrogen-bond acceptors (Lipinski definition) is 10. The molecule has 0 spiro atoms. The lowest BCUT2D eigenvalue weighted by atomic mass is 9.90. The molecule has 4 saturated carbocycles. The van der Waals surface area contributed by atoms with Gasteiger partial charge in [-0.1, -0.05) is 31.4 Å². The summed E-state index contributed by atoms with van der Waals surface area (Å²) in [6.07, 6.45) is 13.7. The number of pyridine rings is 1. The number of thiazole rings is 1. The summed E-state index contributed by atoms with van der Waals surface area (Å²) in [4.78, 5) is 54.0. The van der Waals surface area contributed by atoms with Crippen LogP contribution in [0.5, 0.6) is 11.5 Å². The van der Waals surface area contributed by atoms with E-state index in [2.05, 4.69) is 15.4 Å². The van der Waals surface area contributed by atoms with Crippen molar-refractivity contribution in [2.45, 2.75) is 113 Å². The number of rotatable bonds is 8. The van der Waals surface area contributed by atoms with E-state index in [1.54, 1.807) is 30.4 Å². The van der Waals surface area contributed by atoms with E-state index in [9.17, 15) is 22.8 Å². The Morgan fingerprint density at radius 1 is 1.00 bits per heavy atom. The van der Waals surface area contributed by atoms with Gasteiger partial charge in [-0.2, -0.15) is 0 Å². The summed E-state index contributed by atoms with van der Waals surface area (Å²) in [5.41, 5.74) is 1.67. The van der Waals surface area contributed by atoms with Gasteiger partial charge in [-0.25, -0.2) is 18.4 Å². The standard InChI is InChI=1S/C41H51N5O7S2/c1-24-34(52-3)17-16-29-35(21-32(42-36(24)29)33-23-54-38(43-33)25-11-7-6-8-12-25)53-27-19-30-31(20-27)39(48)46(2)18-10-5-4-9-13-26-22-41(26,44-37(30)47)40(49)45-55(50,51)28-14-15-28/h9,13,16-17,21,23,25-28,30-31H,4-8,10-12,14-15,18-20,22H2,1-3H3,(H,44,47)(H,45,49)/b13-9-/t26-,27+,30+,31+,41?/m0/s1. The molecule has 4 fully saturated rings. The second-order valence-electron chi connectivity index (χ2n) is 16.3. The van der Waals surface area contributed by atoms with Crippen LogP contribution >= 0.6 is 11.3 Å². The molecule has 3 aromatic rings. The number of fused-ring (bicyclic) bond motifs is 3. The van der Waals surface area contributed by atoms with Gasteiger partial charge >= 0.3 is 0 Å². The van der Waals surface area contributed by atoms with E-state index in [-0.39, 0.29) is 18.2 Å². The zero-order valence-electron chi connectivity index (χ0n) is 31.8. The average molecular weight is 790 g/mol. The van der Waals surface area contributed by atoms with Gasteiger partial charge in [-0.05, 0) is 83.3 Å². The van der Waals surface area contributed by atoms with Gasteiger partial charge in [-0.3, -0.25) is 19.1 Å². The summed E-state index contributed by atoms with van der Waals surface area (Å²) in [5, 5.41) is 6.39. The Bertz CT molecular complexity index is 2130. The molecule has 4 aliphatic carbocycles. The molecule has 5 aliphatic rings. The van der Waals surface area contributed by atoms with Crippen LogP contribution < -0.4 is 19.5 Å². The number of allylic oxidation sites excluding steroid dienone is 1. The second-order valence-corrected chi connectivity index (χ2v) is 19.1. The normalized spacial score (nSPS) is 28.5. The van der Waals surface area contributed by atoms with Crippen LogP contribution in [0.4, 0.5) is 0 Å². The van der Waals surface area contributed by atoms with Crippen molar-refractivity contribution >= 4 is 50.0 Å². The number of nitrogens with zero attached hydrogens (tertiary/aromatic N) is 3. The van der Waals surface area contributed by atoms with Crippen LogP contribution in [0.15, 0.2) is 35.7 Å². The van der Waals surface area contributed by atoms with Crippen molar-refractivity contribution in [3.63, 3.8) is 0 Å². The number of sulfonamides is 1. The Kier molecular flexibility index (Phi) is 10.4. The maximum Gasteiger partial charge on any atom is 0.259 e. The van der Waals surface area contributed by atoms with Gasteiger partial charge in [0.05, 0.1) is 46.1 Å². The first-order valence-electron chi connectivity index (χ1n) is 19.9. The van der Waals surface area contributed by atoms with Crippen molar-refractivity contribution in [3.8, 4) is 22.9 Å². The summed E-state index contributed by atoms with van der Waals surface area (Å²) in [7, 11) is -0.422. The minimum Gasteiger partial charge on any atom is -0.496 e. The second kappa shape index (κ2) is 15.1. The van der Waals surface area contributed by atoms with Gasteiger partial charge in [-0.15, -0.1) is 11.3 Å². The number of benzene rings is 1. The highest BCUT2D eigenvalue weighted by Crippen LogP contribution is 2.47. The van der Waals surface area contributed by atoms with Crippen molar-refractivity contribution in [1.29, 1.82) is 0 Å². The number of carbonyl (C=O) groups excluding carboxylic acids is 3. The molecule has 294 valence electrons. The molecule has 0 bridgehead atoms. The highest BCUT2D eigenvalue weighted by Gasteiger charge is 2.62. The fraction of sp³-hybridized carbons (Fsp3) is 0.585.